The molecule has 6 heteroatoms. The summed E-state index contributed by atoms with van der Waals surface area (Å²) < 4.78 is 5.50. The number of hydrogen-bond acceptors (Lipinski definition) is 4. The van der Waals surface area contributed by atoms with E-state index >= 15 is 0 Å². The van der Waals surface area contributed by atoms with Crippen molar-refractivity contribution in [3.8, 4) is 0 Å². The van der Waals surface area contributed by atoms with E-state index in [0.29, 0.717) is 40.8 Å². The third kappa shape index (κ3) is 4.53. The van der Waals surface area contributed by atoms with Gasteiger partial charge in [-0.1, -0.05) is 54.4 Å². The molecule has 0 bridgehead atoms. The van der Waals surface area contributed by atoms with Crippen LogP contribution in [0.15, 0.2) is 64.8 Å². The van der Waals surface area contributed by atoms with Crippen LogP contribution in [-0.4, -0.2) is 24.1 Å². The monoisotopic (exact) mass is 469 g/mol. The van der Waals surface area contributed by atoms with E-state index in [-0.39, 0.29) is 17.7 Å². The third-order valence-corrected chi connectivity index (χ3v) is 6.67. The topological polar surface area (TPSA) is 55.7 Å². The molecule has 0 radical (unpaired) electrons. The van der Waals surface area contributed by atoms with E-state index in [0.717, 1.165) is 23.2 Å². The van der Waals surface area contributed by atoms with E-state index in [2.05, 4.69) is 0 Å². The quantitative estimate of drug-likeness (QED) is 0.468. The van der Waals surface area contributed by atoms with Gasteiger partial charge in [0.1, 0.15) is 5.92 Å². The van der Waals surface area contributed by atoms with Gasteiger partial charge in [0.2, 0.25) is 0 Å². The summed E-state index contributed by atoms with van der Waals surface area (Å²) in [7, 11) is 0. The van der Waals surface area contributed by atoms with Gasteiger partial charge in [-0.2, -0.15) is 0 Å². The average molecular weight is 470 g/mol. The minimum absolute atomic E-state index is 0.0238. The second-order valence-corrected chi connectivity index (χ2v) is 9.24. The number of aliphatic imine (C=N–C) groups is 1. The Morgan fingerprint density at radius 1 is 1.00 bits per heavy atom. The number of carbonyl (C=O) groups excluding carboxylic acids is 2. The van der Waals surface area contributed by atoms with Gasteiger partial charge in [0.05, 0.1) is 6.61 Å². The second kappa shape index (κ2) is 9.60. The molecule has 1 heterocycles. The standard InChI is InChI=1S/C26H25Cl2NO3/c1-3-12-32-26(31)23-15(2)29-21-13-18(16-4-8-19(27)9-5-16)14-22(30)25(21)24(23)17-6-10-20(28)11-7-17/h4-11,18,23-24H,3,12-14H2,1-2H3/t18-,23?,24-/m0/s1. The fraction of sp³-hybridized carbons (Fsp3) is 0.346. The summed E-state index contributed by atoms with van der Waals surface area (Å²) in [4.78, 5) is 31.3. The highest BCUT2D eigenvalue weighted by Crippen LogP contribution is 2.47. The lowest BCUT2D eigenvalue weighted by Crippen LogP contribution is -2.38. The minimum atomic E-state index is -0.627. The molecule has 3 atom stereocenters. The van der Waals surface area contributed by atoms with Gasteiger partial charge in [-0.3, -0.25) is 14.6 Å². The third-order valence-electron chi connectivity index (χ3n) is 6.16. The van der Waals surface area contributed by atoms with Gasteiger partial charge in [0, 0.05) is 39.4 Å². The summed E-state index contributed by atoms with van der Waals surface area (Å²) in [6.07, 6.45) is 1.74. The summed E-state index contributed by atoms with van der Waals surface area (Å²) in [6.45, 7) is 4.14. The predicted molar refractivity (Wildman–Crippen MR) is 128 cm³/mol. The fourth-order valence-corrected chi connectivity index (χ4v) is 4.91. The van der Waals surface area contributed by atoms with Crippen LogP contribution in [0.1, 0.15) is 56.1 Å². The van der Waals surface area contributed by atoms with Crippen LogP contribution in [0.5, 0.6) is 0 Å². The fourth-order valence-electron chi connectivity index (χ4n) is 4.66. The molecule has 1 unspecified atom stereocenters. The zero-order valence-corrected chi connectivity index (χ0v) is 19.6. The van der Waals surface area contributed by atoms with Crippen LogP contribution in [0.4, 0.5) is 0 Å². The zero-order valence-electron chi connectivity index (χ0n) is 18.1. The van der Waals surface area contributed by atoms with Crippen molar-refractivity contribution in [2.75, 3.05) is 6.61 Å². The molecule has 0 aromatic heterocycles. The smallest absolute Gasteiger partial charge is 0.315 e. The molecule has 0 saturated carbocycles. The molecule has 2 aromatic carbocycles. The molecule has 4 rings (SSSR count). The van der Waals surface area contributed by atoms with Crippen LogP contribution in [0.2, 0.25) is 10.0 Å². The molecule has 0 fully saturated rings. The van der Waals surface area contributed by atoms with Crippen LogP contribution in [0.3, 0.4) is 0 Å². The SMILES string of the molecule is CCCOC(=O)C1C(C)=NC2=C(C(=O)C[C@@H](c3ccc(Cl)cc3)C2)[C@H]1c1ccc(Cl)cc1. The largest absolute Gasteiger partial charge is 0.465 e. The van der Waals surface area contributed by atoms with Crippen molar-refractivity contribution < 1.29 is 14.3 Å². The minimum Gasteiger partial charge on any atom is -0.465 e. The van der Waals surface area contributed by atoms with Gasteiger partial charge < -0.3 is 4.74 Å². The van der Waals surface area contributed by atoms with Crippen molar-refractivity contribution in [3.63, 3.8) is 0 Å². The maximum atomic E-state index is 13.5. The molecule has 0 N–H and O–H groups in total. The average Bonchev–Trinajstić information content (AvgIpc) is 2.77. The van der Waals surface area contributed by atoms with Crippen LogP contribution in [0.25, 0.3) is 0 Å². The highest BCUT2D eigenvalue weighted by Gasteiger charge is 2.44. The number of carbonyl (C=O) groups is 2. The molecule has 1 aliphatic heterocycles. The van der Waals surface area contributed by atoms with Gasteiger partial charge in [0.15, 0.2) is 5.78 Å². The lowest BCUT2D eigenvalue weighted by atomic mass is 9.69. The lowest BCUT2D eigenvalue weighted by Gasteiger charge is -2.36. The molecule has 0 saturated heterocycles. The molecule has 0 spiro atoms. The Hall–Kier alpha value is -2.43. The van der Waals surface area contributed by atoms with E-state index < -0.39 is 11.8 Å². The Morgan fingerprint density at radius 3 is 2.19 bits per heavy atom. The Balaban J connectivity index is 1.76. The van der Waals surface area contributed by atoms with Crippen LogP contribution < -0.4 is 0 Å². The van der Waals surface area contributed by atoms with Crippen LogP contribution in [-0.2, 0) is 14.3 Å². The van der Waals surface area contributed by atoms with E-state index in [1.807, 2.05) is 50.2 Å². The Kier molecular flexibility index (Phi) is 6.82. The molecule has 2 aromatic rings. The summed E-state index contributed by atoms with van der Waals surface area (Å²) >= 11 is 12.1. The molecular formula is C26H25Cl2NO3. The van der Waals surface area contributed by atoms with E-state index in [1.165, 1.54) is 0 Å². The highest BCUT2D eigenvalue weighted by molar-refractivity contribution is 6.30. The normalized spacial score (nSPS) is 22.9. The van der Waals surface area contributed by atoms with Gasteiger partial charge in [-0.25, -0.2) is 0 Å². The number of rotatable bonds is 5. The van der Waals surface area contributed by atoms with Gasteiger partial charge in [-0.15, -0.1) is 0 Å². The van der Waals surface area contributed by atoms with Gasteiger partial charge in [0.25, 0.3) is 0 Å². The molecular weight excluding hydrogens is 445 g/mol. The number of ether oxygens (including phenoxy) is 1. The molecule has 4 nitrogen and oxygen atoms in total. The summed E-state index contributed by atoms with van der Waals surface area (Å²) in [6, 6.07) is 15.0. The summed E-state index contributed by atoms with van der Waals surface area (Å²) in [5, 5.41) is 1.27. The van der Waals surface area contributed by atoms with Crippen molar-refractivity contribution in [3.05, 3.63) is 81.0 Å². The molecule has 32 heavy (non-hydrogen) atoms. The maximum absolute atomic E-state index is 13.5. The van der Waals surface area contributed by atoms with E-state index in [1.54, 1.807) is 12.1 Å². The first-order chi connectivity index (χ1) is 15.4. The van der Waals surface area contributed by atoms with Crippen molar-refractivity contribution in [1.29, 1.82) is 0 Å². The number of halogens is 2. The lowest BCUT2D eigenvalue weighted by molar-refractivity contribution is -0.146. The first-order valence-corrected chi connectivity index (χ1v) is 11.6. The van der Waals surface area contributed by atoms with Crippen molar-refractivity contribution >= 4 is 40.7 Å². The number of esters is 1. The first-order valence-electron chi connectivity index (χ1n) is 10.9. The first kappa shape index (κ1) is 22.8. The Morgan fingerprint density at radius 2 is 1.59 bits per heavy atom. The van der Waals surface area contributed by atoms with Crippen molar-refractivity contribution in [2.45, 2.75) is 44.9 Å². The second-order valence-electron chi connectivity index (χ2n) is 8.37. The molecule has 1 aliphatic carbocycles. The predicted octanol–water partition coefficient (Wildman–Crippen LogP) is 6.52. The number of nitrogens with zero attached hydrogens (tertiary/aromatic N) is 1. The summed E-state index contributed by atoms with van der Waals surface area (Å²) in [5.74, 6) is -1.34. The molecule has 166 valence electrons. The number of Topliss-reactive ketones (excluding diaryl/α,β-unsaturated/α-hetero) is 1. The van der Waals surface area contributed by atoms with Crippen molar-refractivity contribution in [1.82, 2.24) is 0 Å². The highest BCUT2D eigenvalue weighted by atomic mass is 35.5. The number of hydrogen-bond donors (Lipinski definition) is 0. The number of ketones is 1. The van der Waals surface area contributed by atoms with E-state index in [4.69, 9.17) is 32.9 Å². The Labute approximate surface area is 198 Å². The number of benzene rings is 2. The van der Waals surface area contributed by atoms with Crippen molar-refractivity contribution in [2.24, 2.45) is 10.9 Å². The maximum Gasteiger partial charge on any atom is 0.315 e. The molecule has 2 aliphatic rings. The number of allylic oxidation sites excluding steroid dienone is 2. The zero-order chi connectivity index (χ0) is 22.8. The molecule has 0 amide bonds. The van der Waals surface area contributed by atoms with Gasteiger partial charge in [-0.05, 0) is 61.1 Å². The Bertz CT molecular complexity index is 1090. The van der Waals surface area contributed by atoms with Crippen LogP contribution >= 0.6 is 23.2 Å². The summed E-state index contributed by atoms with van der Waals surface area (Å²) in [5.41, 5.74) is 4.00. The van der Waals surface area contributed by atoms with E-state index in [9.17, 15) is 9.59 Å². The van der Waals surface area contributed by atoms with Gasteiger partial charge >= 0.3 is 5.97 Å². The van der Waals surface area contributed by atoms with Crippen LogP contribution in [0, 0.1) is 5.92 Å².